The zero-order valence-electron chi connectivity index (χ0n) is 18.5. The molecule has 3 N–H and O–H groups in total. The van der Waals surface area contributed by atoms with E-state index in [2.05, 4.69) is 15.3 Å². The number of nitrogens with zero attached hydrogens (tertiary/aromatic N) is 2. The maximum atomic E-state index is 14.7. The number of halogens is 1. The third kappa shape index (κ3) is 4.69. The minimum absolute atomic E-state index is 0.0108. The number of anilines is 1. The Balaban J connectivity index is 1.43. The Kier molecular flexibility index (Phi) is 5.84. The molecule has 2 unspecified atom stereocenters. The van der Waals surface area contributed by atoms with Crippen LogP contribution >= 0.6 is 0 Å². The molecule has 3 heterocycles. The van der Waals surface area contributed by atoms with Gasteiger partial charge in [0.15, 0.2) is 11.6 Å². The van der Waals surface area contributed by atoms with E-state index in [4.69, 9.17) is 9.47 Å². The predicted molar refractivity (Wildman–Crippen MR) is 119 cm³/mol. The van der Waals surface area contributed by atoms with Crippen LogP contribution < -0.4 is 10.1 Å². The van der Waals surface area contributed by atoms with Crippen LogP contribution in [-0.2, 0) is 4.74 Å². The van der Waals surface area contributed by atoms with Gasteiger partial charge in [-0.05, 0) is 29.7 Å². The summed E-state index contributed by atoms with van der Waals surface area (Å²) in [5.74, 6) is -0.236. The van der Waals surface area contributed by atoms with Crippen molar-refractivity contribution in [3.05, 3.63) is 48.5 Å². The zero-order valence-corrected chi connectivity index (χ0v) is 18.5. The molecule has 0 radical (unpaired) electrons. The van der Waals surface area contributed by atoms with E-state index in [1.54, 1.807) is 24.5 Å². The van der Waals surface area contributed by atoms with Crippen molar-refractivity contribution in [3.8, 4) is 11.5 Å². The topological polar surface area (TPSA) is 117 Å². The minimum Gasteiger partial charge on any atom is -0.465 e. The van der Waals surface area contributed by atoms with Crippen molar-refractivity contribution in [3.63, 3.8) is 0 Å². The lowest BCUT2D eigenvalue weighted by molar-refractivity contribution is 0.0339. The minimum atomic E-state index is -1.05. The van der Waals surface area contributed by atoms with Gasteiger partial charge >= 0.3 is 12.2 Å². The van der Waals surface area contributed by atoms with Gasteiger partial charge < -0.3 is 24.5 Å². The number of fused-ring (bicyclic) bond motifs is 1. The van der Waals surface area contributed by atoms with Gasteiger partial charge in [0.05, 0.1) is 11.4 Å². The fraction of sp³-hybridized carbons (Fsp3) is 0.348. The van der Waals surface area contributed by atoms with E-state index in [-0.39, 0.29) is 18.0 Å². The molecule has 1 saturated heterocycles. The number of likely N-dealkylation sites (tertiary alicyclic amines) is 1. The molecule has 2 amide bonds. The van der Waals surface area contributed by atoms with E-state index in [1.165, 1.54) is 17.0 Å². The quantitative estimate of drug-likeness (QED) is 0.496. The molecule has 1 aliphatic heterocycles. The molecule has 4 rings (SSSR count). The van der Waals surface area contributed by atoms with Gasteiger partial charge in [-0.1, -0.05) is 20.8 Å². The highest BCUT2D eigenvalue weighted by atomic mass is 19.1. The fourth-order valence-electron chi connectivity index (χ4n) is 4.22. The van der Waals surface area contributed by atoms with Crippen molar-refractivity contribution in [2.45, 2.75) is 39.3 Å². The van der Waals surface area contributed by atoms with E-state index >= 15 is 0 Å². The average molecular weight is 456 g/mol. The van der Waals surface area contributed by atoms with Crippen LogP contribution in [0, 0.1) is 11.2 Å². The van der Waals surface area contributed by atoms with E-state index in [0.29, 0.717) is 23.2 Å². The number of aromatic nitrogens is 2. The van der Waals surface area contributed by atoms with Crippen LogP contribution in [-0.4, -0.2) is 50.9 Å². The number of nitrogens with one attached hydrogen (secondary N) is 2. The van der Waals surface area contributed by atoms with Gasteiger partial charge in [0.25, 0.3) is 0 Å². The van der Waals surface area contributed by atoms with Gasteiger partial charge in [-0.15, -0.1) is 0 Å². The number of ether oxygens (including phenoxy) is 2. The Bertz CT molecular complexity index is 1190. The van der Waals surface area contributed by atoms with Gasteiger partial charge in [0, 0.05) is 37.1 Å². The first-order valence-corrected chi connectivity index (χ1v) is 10.5. The molecule has 3 aromatic rings. The number of amides is 2. The standard InChI is InChI=1S/C23H25FN4O5/c1-23(2,3)19-18(8-11-28(19)22(30)31)33-21(29)27-13-4-5-17(15(24)12-13)32-16-7-10-26-20-14(16)6-9-25-20/h4-7,9-10,12,18-19H,8,11H2,1-3H3,(H,25,26)(H,27,29)(H,30,31). The second kappa shape index (κ2) is 8.61. The summed E-state index contributed by atoms with van der Waals surface area (Å²) >= 11 is 0. The highest BCUT2D eigenvalue weighted by molar-refractivity contribution is 5.85. The highest BCUT2D eigenvalue weighted by Crippen LogP contribution is 2.35. The molecule has 2 atom stereocenters. The Morgan fingerprint density at radius 1 is 1.24 bits per heavy atom. The number of benzene rings is 1. The van der Waals surface area contributed by atoms with Crippen molar-refractivity contribution in [1.82, 2.24) is 14.9 Å². The van der Waals surface area contributed by atoms with Crippen LogP contribution in [0.1, 0.15) is 27.2 Å². The van der Waals surface area contributed by atoms with Gasteiger partial charge in [-0.25, -0.2) is 19.0 Å². The second-order valence-corrected chi connectivity index (χ2v) is 8.94. The fourth-order valence-corrected chi connectivity index (χ4v) is 4.22. The third-order valence-electron chi connectivity index (χ3n) is 5.55. The van der Waals surface area contributed by atoms with Crippen LogP contribution in [0.3, 0.4) is 0 Å². The van der Waals surface area contributed by atoms with E-state index in [9.17, 15) is 19.1 Å². The Morgan fingerprint density at radius 3 is 2.73 bits per heavy atom. The first-order valence-electron chi connectivity index (χ1n) is 10.5. The molecule has 1 fully saturated rings. The lowest BCUT2D eigenvalue weighted by atomic mass is 9.84. The number of carbonyl (C=O) groups is 2. The van der Waals surface area contributed by atoms with Crippen LogP contribution in [0.15, 0.2) is 42.7 Å². The lowest BCUT2D eigenvalue weighted by Crippen LogP contribution is -2.48. The van der Waals surface area contributed by atoms with E-state index in [0.717, 1.165) is 6.07 Å². The van der Waals surface area contributed by atoms with Crippen LogP contribution in [0.5, 0.6) is 11.5 Å². The molecule has 33 heavy (non-hydrogen) atoms. The number of hydrogen-bond donors (Lipinski definition) is 3. The second-order valence-electron chi connectivity index (χ2n) is 8.94. The molecular formula is C23H25FN4O5. The maximum Gasteiger partial charge on any atom is 0.411 e. The molecule has 0 saturated carbocycles. The van der Waals surface area contributed by atoms with Gasteiger partial charge in [0.1, 0.15) is 17.5 Å². The SMILES string of the molecule is CC(C)(C)C1C(OC(=O)Nc2ccc(Oc3ccnc4[nH]ccc34)c(F)c2)CCN1C(=O)O. The summed E-state index contributed by atoms with van der Waals surface area (Å²) in [5.41, 5.74) is 0.380. The summed E-state index contributed by atoms with van der Waals surface area (Å²) in [6.45, 7) is 5.96. The summed E-state index contributed by atoms with van der Waals surface area (Å²) in [6, 6.07) is 6.95. The maximum absolute atomic E-state index is 14.7. The van der Waals surface area contributed by atoms with Gasteiger partial charge in [-0.2, -0.15) is 0 Å². The third-order valence-corrected chi connectivity index (χ3v) is 5.55. The van der Waals surface area contributed by atoms with Crippen LogP contribution in [0.4, 0.5) is 19.7 Å². The summed E-state index contributed by atoms with van der Waals surface area (Å²) < 4.78 is 25.9. The number of carbonyl (C=O) groups excluding carboxylic acids is 1. The van der Waals surface area contributed by atoms with Gasteiger partial charge in [0.2, 0.25) is 0 Å². The summed E-state index contributed by atoms with van der Waals surface area (Å²) in [6.07, 6.45) is 1.22. The molecule has 1 aliphatic rings. The Labute approximate surface area is 189 Å². The number of aromatic amines is 1. The highest BCUT2D eigenvalue weighted by Gasteiger charge is 2.46. The summed E-state index contributed by atoms with van der Waals surface area (Å²) in [5, 5.41) is 12.7. The van der Waals surface area contributed by atoms with E-state index in [1.807, 2.05) is 20.8 Å². The molecule has 10 heteroatoms. The smallest absolute Gasteiger partial charge is 0.411 e. The van der Waals surface area contributed by atoms with Crippen molar-refractivity contribution < 1.29 is 28.6 Å². The Hall–Kier alpha value is -3.82. The Morgan fingerprint density at radius 2 is 2.03 bits per heavy atom. The molecule has 9 nitrogen and oxygen atoms in total. The number of rotatable bonds is 4. The van der Waals surface area contributed by atoms with E-state index < -0.39 is 35.6 Å². The predicted octanol–water partition coefficient (Wildman–Crippen LogP) is 5.21. The van der Waals surface area contributed by atoms with Crippen LogP contribution in [0.2, 0.25) is 0 Å². The molecular weight excluding hydrogens is 431 g/mol. The molecule has 0 spiro atoms. The summed E-state index contributed by atoms with van der Waals surface area (Å²) in [7, 11) is 0. The number of carboxylic acid groups (broad SMARTS) is 1. The number of pyridine rings is 1. The largest absolute Gasteiger partial charge is 0.465 e. The van der Waals surface area contributed by atoms with Crippen molar-refractivity contribution in [2.24, 2.45) is 5.41 Å². The first kappa shape index (κ1) is 22.4. The lowest BCUT2D eigenvalue weighted by Gasteiger charge is -2.36. The average Bonchev–Trinajstić information content (AvgIpc) is 3.37. The van der Waals surface area contributed by atoms with Crippen molar-refractivity contribution >= 4 is 28.9 Å². The molecule has 0 bridgehead atoms. The monoisotopic (exact) mass is 456 g/mol. The zero-order chi connectivity index (χ0) is 23.8. The molecule has 1 aromatic carbocycles. The summed E-state index contributed by atoms with van der Waals surface area (Å²) in [4.78, 5) is 32.4. The normalized spacial score (nSPS) is 18.4. The molecule has 0 aliphatic carbocycles. The first-order chi connectivity index (χ1) is 15.6. The number of hydrogen-bond acceptors (Lipinski definition) is 5. The molecule has 174 valence electrons. The van der Waals surface area contributed by atoms with Gasteiger partial charge in [-0.3, -0.25) is 5.32 Å². The van der Waals surface area contributed by atoms with Crippen molar-refractivity contribution in [1.29, 1.82) is 0 Å². The van der Waals surface area contributed by atoms with Crippen LogP contribution in [0.25, 0.3) is 11.0 Å². The van der Waals surface area contributed by atoms with Crippen molar-refractivity contribution in [2.75, 3.05) is 11.9 Å². The molecule has 2 aromatic heterocycles. The number of H-pyrrole nitrogens is 1.